The van der Waals surface area contributed by atoms with Crippen LogP contribution in [-0.2, 0) is 0 Å². The Hall–Kier alpha value is 0.0500. The van der Waals surface area contributed by atoms with Crippen molar-refractivity contribution in [3.63, 3.8) is 0 Å². The van der Waals surface area contributed by atoms with Gasteiger partial charge in [-0.2, -0.15) is 11.8 Å². The number of thioether (sulfide) groups is 1. The van der Waals surface area contributed by atoms with Crippen LogP contribution in [-0.4, -0.2) is 17.5 Å². The normalized spacial score (nSPS) is 12.7. The van der Waals surface area contributed by atoms with Crippen molar-refractivity contribution in [3.05, 3.63) is 11.6 Å². The van der Waals surface area contributed by atoms with Crippen LogP contribution in [0.3, 0.4) is 0 Å². The van der Waals surface area contributed by atoms with E-state index in [2.05, 4.69) is 26.8 Å². The van der Waals surface area contributed by atoms with Crippen LogP contribution in [0.1, 0.15) is 27.2 Å². The van der Waals surface area contributed by atoms with Gasteiger partial charge in [0.15, 0.2) is 0 Å². The van der Waals surface area contributed by atoms with E-state index >= 15 is 0 Å². The van der Waals surface area contributed by atoms with Crippen LogP contribution in [0.4, 0.5) is 0 Å². The first kappa shape index (κ1) is 11.1. The molecule has 0 fully saturated rings. The Balaban J connectivity index is 3.09. The molecule has 0 spiro atoms. The number of hydrogen-bond donors (Lipinski definition) is 1. The van der Waals surface area contributed by atoms with Gasteiger partial charge < -0.3 is 5.73 Å². The Bertz CT molecular complexity index is 115. The molecular weight excluding hydrogens is 154 g/mol. The van der Waals surface area contributed by atoms with Crippen molar-refractivity contribution in [2.24, 2.45) is 5.73 Å². The molecule has 0 radical (unpaired) electrons. The van der Waals surface area contributed by atoms with E-state index in [-0.39, 0.29) is 0 Å². The lowest BCUT2D eigenvalue weighted by Crippen LogP contribution is -2.15. The highest BCUT2D eigenvalue weighted by atomic mass is 32.2. The third-order valence-corrected chi connectivity index (χ3v) is 2.25. The Morgan fingerprint density at radius 2 is 2.18 bits per heavy atom. The molecule has 1 unspecified atom stereocenters. The molecule has 0 rings (SSSR count). The highest BCUT2D eigenvalue weighted by molar-refractivity contribution is 7.99. The van der Waals surface area contributed by atoms with Crippen molar-refractivity contribution in [2.45, 2.75) is 33.2 Å². The Kier molecular flexibility index (Phi) is 6.77. The lowest BCUT2D eigenvalue weighted by atomic mass is 10.3. The first-order chi connectivity index (χ1) is 5.13. The topological polar surface area (TPSA) is 26.0 Å². The standard InChI is InChI=1S/C9H19NS/c1-8(2)4-6-11-7-5-9(3)10/h4,9H,5-7,10H2,1-3H3. The molecule has 2 N–H and O–H groups in total. The summed E-state index contributed by atoms with van der Waals surface area (Å²) in [4.78, 5) is 0. The van der Waals surface area contributed by atoms with Gasteiger partial charge >= 0.3 is 0 Å². The fraction of sp³-hybridized carbons (Fsp3) is 0.778. The third-order valence-electron chi connectivity index (χ3n) is 1.33. The van der Waals surface area contributed by atoms with Crippen molar-refractivity contribution >= 4 is 11.8 Å². The molecule has 0 aromatic heterocycles. The molecule has 11 heavy (non-hydrogen) atoms. The maximum atomic E-state index is 5.61. The van der Waals surface area contributed by atoms with Crippen LogP contribution >= 0.6 is 11.8 Å². The van der Waals surface area contributed by atoms with Crippen molar-refractivity contribution in [1.29, 1.82) is 0 Å². The molecule has 0 bridgehead atoms. The van der Waals surface area contributed by atoms with Crippen LogP contribution in [0.5, 0.6) is 0 Å². The molecule has 1 atom stereocenters. The minimum atomic E-state index is 0.356. The van der Waals surface area contributed by atoms with Crippen molar-refractivity contribution in [3.8, 4) is 0 Å². The monoisotopic (exact) mass is 173 g/mol. The van der Waals surface area contributed by atoms with E-state index in [9.17, 15) is 0 Å². The van der Waals surface area contributed by atoms with Gasteiger partial charge in [0, 0.05) is 11.8 Å². The second-order valence-corrected chi connectivity index (χ2v) is 4.27. The number of allylic oxidation sites excluding steroid dienone is 1. The fourth-order valence-corrected chi connectivity index (χ4v) is 1.73. The molecule has 0 heterocycles. The number of nitrogens with two attached hydrogens (primary N) is 1. The van der Waals surface area contributed by atoms with Crippen LogP contribution in [0.25, 0.3) is 0 Å². The zero-order chi connectivity index (χ0) is 8.69. The molecule has 0 aromatic carbocycles. The summed E-state index contributed by atoms with van der Waals surface area (Å²) in [6.45, 7) is 6.32. The smallest absolute Gasteiger partial charge is 0.0115 e. The SMILES string of the molecule is CC(C)=CCSCCC(C)N. The van der Waals surface area contributed by atoms with Crippen molar-refractivity contribution in [2.75, 3.05) is 11.5 Å². The van der Waals surface area contributed by atoms with Gasteiger partial charge in [-0.05, 0) is 32.9 Å². The van der Waals surface area contributed by atoms with Crippen LogP contribution in [0.15, 0.2) is 11.6 Å². The predicted octanol–water partition coefficient (Wildman–Crippen LogP) is 2.42. The summed E-state index contributed by atoms with van der Waals surface area (Å²) in [6, 6.07) is 0.356. The van der Waals surface area contributed by atoms with Gasteiger partial charge in [-0.1, -0.05) is 11.6 Å². The highest BCUT2D eigenvalue weighted by Crippen LogP contribution is 2.05. The third kappa shape index (κ3) is 10.1. The number of rotatable bonds is 5. The van der Waals surface area contributed by atoms with Gasteiger partial charge in [-0.15, -0.1) is 0 Å². The second-order valence-electron chi connectivity index (χ2n) is 3.12. The van der Waals surface area contributed by atoms with Crippen LogP contribution in [0, 0.1) is 0 Å². The lowest BCUT2D eigenvalue weighted by Gasteiger charge is -2.02. The van der Waals surface area contributed by atoms with Gasteiger partial charge in [0.1, 0.15) is 0 Å². The summed E-state index contributed by atoms with van der Waals surface area (Å²) in [6.07, 6.45) is 3.38. The first-order valence-electron chi connectivity index (χ1n) is 4.09. The van der Waals surface area contributed by atoms with E-state index in [1.54, 1.807) is 0 Å². The van der Waals surface area contributed by atoms with E-state index in [0.29, 0.717) is 6.04 Å². The van der Waals surface area contributed by atoms with Gasteiger partial charge in [0.2, 0.25) is 0 Å². The average molecular weight is 173 g/mol. The second kappa shape index (κ2) is 6.74. The van der Waals surface area contributed by atoms with Crippen LogP contribution in [0.2, 0.25) is 0 Å². The van der Waals surface area contributed by atoms with E-state index in [1.165, 1.54) is 11.3 Å². The molecule has 0 saturated carbocycles. The average Bonchev–Trinajstić information content (AvgIpc) is 1.85. The molecule has 1 nitrogen and oxygen atoms in total. The number of hydrogen-bond acceptors (Lipinski definition) is 2. The maximum Gasteiger partial charge on any atom is 0.0115 e. The van der Waals surface area contributed by atoms with E-state index in [1.807, 2.05) is 11.8 Å². The minimum Gasteiger partial charge on any atom is -0.328 e. The van der Waals surface area contributed by atoms with E-state index in [0.717, 1.165) is 12.2 Å². The van der Waals surface area contributed by atoms with Crippen LogP contribution < -0.4 is 5.73 Å². The van der Waals surface area contributed by atoms with Crippen molar-refractivity contribution < 1.29 is 0 Å². The Morgan fingerprint density at radius 1 is 1.55 bits per heavy atom. The van der Waals surface area contributed by atoms with Crippen molar-refractivity contribution in [1.82, 2.24) is 0 Å². The molecule has 0 aromatic rings. The minimum absolute atomic E-state index is 0.356. The van der Waals surface area contributed by atoms with Gasteiger partial charge in [-0.25, -0.2) is 0 Å². The van der Waals surface area contributed by atoms with Gasteiger partial charge in [-0.3, -0.25) is 0 Å². The fourth-order valence-electron chi connectivity index (χ4n) is 0.578. The predicted molar refractivity (Wildman–Crippen MR) is 55.0 cm³/mol. The lowest BCUT2D eigenvalue weighted by molar-refractivity contribution is 0.721. The summed E-state index contributed by atoms with van der Waals surface area (Å²) in [5, 5.41) is 0. The summed E-state index contributed by atoms with van der Waals surface area (Å²) in [5.41, 5.74) is 7.01. The molecule has 66 valence electrons. The molecule has 0 amide bonds. The molecule has 0 aliphatic rings. The highest BCUT2D eigenvalue weighted by Gasteiger charge is 1.92. The van der Waals surface area contributed by atoms with Gasteiger partial charge in [0.05, 0.1) is 0 Å². The molecular formula is C9H19NS. The molecule has 0 aliphatic heterocycles. The Morgan fingerprint density at radius 3 is 2.64 bits per heavy atom. The molecule has 0 aliphatic carbocycles. The van der Waals surface area contributed by atoms with E-state index < -0.39 is 0 Å². The quantitative estimate of drug-likeness (QED) is 0.510. The molecule has 2 heteroatoms. The summed E-state index contributed by atoms with van der Waals surface area (Å²) in [7, 11) is 0. The Labute approximate surface area is 74.4 Å². The largest absolute Gasteiger partial charge is 0.328 e. The van der Waals surface area contributed by atoms with Gasteiger partial charge in [0.25, 0.3) is 0 Å². The maximum absolute atomic E-state index is 5.61. The van der Waals surface area contributed by atoms with E-state index in [4.69, 9.17) is 5.73 Å². The summed E-state index contributed by atoms with van der Waals surface area (Å²) in [5.74, 6) is 2.32. The summed E-state index contributed by atoms with van der Waals surface area (Å²) < 4.78 is 0. The first-order valence-corrected chi connectivity index (χ1v) is 5.25. The zero-order valence-electron chi connectivity index (χ0n) is 7.76. The summed E-state index contributed by atoms with van der Waals surface area (Å²) >= 11 is 1.95. The molecule has 0 saturated heterocycles. The zero-order valence-corrected chi connectivity index (χ0v) is 8.58.